The lowest BCUT2D eigenvalue weighted by atomic mass is 10.3. The number of carbonyl (C=O) groups excluding carboxylic acids is 1. The Hall–Kier alpha value is -3.53. The Bertz CT molecular complexity index is 1090. The predicted molar refractivity (Wildman–Crippen MR) is 115 cm³/mol. The van der Waals surface area contributed by atoms with Gasteiger partial charge in [0.05, 0.1) is 10.6 Å². The first-order chi connectivity index (χ1) is 15.8. The number of aromatic nitrogens is 2. The molecule has 0 saturated carbocycles. The molecule has 11 heteroatoms. The Labute approximate surface area is 192 Å². The van der Waals surface area contributed by atoms with Gasteiger partial charge in [-0.05, 0) is 42.5 Å². The standard InChI is InChI=1S/C22H18ClF3N4O3/c23-16-2-7-19(27-14-16)29-9-11-30(12-10-29)21(31)33-18-5-3-17(4-6-18)32-20-8-1-15(13-28-20)22(24,25)26/h1-8,13-14H,9-12H2. The van der Waals surface area contributed by atoms with Crippen LogP contribution in [0.5, 0.6) is 17.4 Å². The molecule has 1 aliphatic heterocycles. The number of rotatable bonds is 4. The van der Waals surface area contributed by atoms with E-state index < -0.39 is 17.8 Å². The Balaban J connectivity index is 1.28. The molecule has 4 rings (SSSR count). The maximum Gasteiger partial charge on any atom is 0.417 e. The number of hydrogen-bond acceptors (Lipinski definition) is 6. The SMILES string of the molecule is O=C(Oc1ccc(Oc2ccc(C(F)(F)F)cn2)cc1)N1CCN(c2ccc(Cl)cn2)CC1. The molecule has 1 amide bonds. The van der Waals surface area contributed by atoms with Gasteiger partial charge in [-0.3, -0.25) is 0 Å². The van der Waals surface area contributed by atoms with Crippen LogP contribution in [0, 0.1) is 0 Å². The number of hydrogen-bond donors (Lipinski definition) is 0. The Morgan fingerprint density at radius 1 is 0.879 bits per heavy atom. The number of nitrogens with zero attached hydrogens (tertiary/aromatic N) is 4. The van der Waals surface area contributed by atoms with Crippen molar-refractivity contribution >= 4 is 23.5 Å². The van der Waals surface area contributed by atoms with Gasteiger partial charge in [0.15, 0.2) is 0 Å². The van der Waals surface area contributed by atoms with Crippen molar-refractivity contribution in [1.82, 2.24) is 14.9 Å². The fourth-order valence-electron chi connectivity index (χ4n) is 3.14. The van der Waals surface area contributed by atoms with Crippen molar-refractivity contribution in [2.75, 3.05) is 31.1 Å². The number of alkyl halides is 3. The molecule has 0 unspecified atom stereocenters. The molecule has 33 heavy (non-hydrogen) atoms. The summed E-state index contributed by atoms with van der Waals surface area (Å²) < 4.78 is 48.7. The normalized spacial score (nSPS) is 14.2. The van der Waals surface area contributed by atoms with E-state index in [1.807, 2.05) is 6.07 Å². The lowest BCUT2D eigenvalue weighted by Crippen LogP contribution is -2.49. The highest BCUT2D eigenvalue weighted by molar-refractivity contribution is 6.30. The summed E-state index contributed by atoms with van der Waals surface area (Å²) in [6.07, 6.45) is -2.65. The van der Waals surface area contributed by atoms with E-state index in [9.17, 15) is 18.0 Å². The van der Waals surface area contributed by atoms with Gasteiger partial charge in [-0.15, -0.1) is 0 Å². The summed E-state index contributed by atoms with van der Waals surface area (Å²) >= 11 is 5.86. The second-order valence-corrected chi connectivity index (χ2v) is 7.57. The highest BCUT2D eigenvalue weighted by Crippen LogP contribution is 2.30. The van der Waals surface area contributed by atoms with Crippen LogP contribution in [-0.4, -0.2) is 47.1 Å². The van der Waals surface area contributed by atoms with Gasteiger partial charge in [-0.1, -0.05) is 11.6 Å². The fraction of sp³-hybridized carbons (Fsp3) is 0.227. The zero-order valence-corrected chi connectivity index (χ0v) is 17.9. The van der Waals surface area contributed by atoms with Crippen molar-refractivity contribution in [3.63, 3.8) is 0 Å². The summed E-state index contributed by atoms with van der Waals surface area (Å²) in [5, 5.41) is 0.563. The van der Waals surface area contributed by atoms with Crippen LogP contribution in [0.15, 0.2) is 60.9 Å². The first-order valence-electron chi connectivity index (χ1n) is 9.92. The molecule has 0 radical (unpaired) electrons. The summed E-state index contributed by atoms with van der Waals surface area (Å²) in [4.78, 5) is 24.1. The molecule has 0 aliphatic carbocycles. The topological polar surface area (TPSA) is 67.8 Å². The monoisotopic (exact) mass is 478 g/mol. The molecule has 0 N–H and O–H groups in total. The molecule has 0 bridgehead atoms. The van der Waals surface area contributed by atoms with E-state index in [1.165, 1.54) is 24.3 Å². The van der Waals surface area contributed by atoms with Gasteiger partial charge in [0.1, 0.15) is 17.3 Å². The summed E-state index contributed by atoms with van der Waals surface area (Å²) in [5.41, 5.74) is -0.859. The van der Waals surface area contributed by atoms with Crippen LogP contribution in [0.4, 0.5) is 23.8 Å². The van der Waals surface area contributed by atoms with Gasteiger partial charge >= 0.3 is 12.3 Å². The van der Waals surface area contributed by atoms with Crippen molar-refractivity contribution in [3.8, 4) is 17.4 Å². The summed E-state index contributed by atoms with van der Waals surface area (Å²) in [5.74, 6) is 1.46. The zero-order valence-electron chi connectivity index (χ0n) is 17.1. The molecule has 1 aliphatic rings. The molecule has 1 aromatic carbocycles. The summed E-state index contributed by atoms with van der Waals surface area (Å²) in [6, 6.07) is 11.8. The number of ether oxygens (including phenoxy) is 2. The third-order valence-electron chi connectivity index (χ3n) is 4.89. The summed E-state index contributed by atoms with van der Waals surface area (Å²) in [6.45, 7) is 2.17. The van der Waals surface area contributed by atoms with Gasteiger partial charge in [0.25, 0.3) is 0 Å². The van der Waals surface area contributed by atoms with Gasteiger partial charge in [-0.25, -0.2) is 14.8 Å². The highest BCUT2D eigenvalue weighted by atomic mass is 35.5. The minimum absolute atomic E-state index is 0.0146. The first-order valence-corrected chi connectivity index (χ1v) is 10.3. The number of benzene rings is 1. The van der Waals surface area contributed by atoms with E-state index >= 15 is 0 Å². The molecule has 1 saturated heterocycles. The molecule has 2 aromatic heterocycles. The average Bonchev–Trinajstić information content (AvgIpc) is 2.81. The molecule has 0 spiro atoms. The van der Waals surface area contributed by atoms with Crippen molar-refractivity contribution in [2.45, 2.75) is 6.18 Å². The number of anilines is 1. The lowest BCUT2D eigenvalue weighted by molar-refractivity contribution is -0.137. The minimum atomic E-state index is -4.46. The van der Waals surface area contributed by atoms with Crippen molar-refractivity contribution in [1.29, 1.82) is 0 Å². The zero-order chi connectivity index (χ0) is 23.4. The summed E-state index contributed by atoms with van der Waals surface area (Å²) in [7, 11) is 0. The van der Waals surface area contributed by atoms with Crippen LogP contribution in [0.2, 0.25) is 5.02 Å². The van der Waals surface area contributed by atoms with Crippen LogP contribution in [0.3, 0.4) is 0 Å². The van der Waals surface area contributed by atoms with Gasteiger partial charge in [0, 0.05) is 44.6 Å². The van der Waals surface area contributed by atoms with Crippen LogP contribution in [0.25, 0.3) is 0 Å². The van der Waals surface area contributed by atoms with Crippen molar-refractivity contribution < 1.29 is 27.4 Å². The second kappa shape index (κ2) is 9.53. The van der Waals surface area contributed by atoms with Crippen LogP contribution < -0.4 is 14.4 Å². The largest absolute Gasteiger partial charge is 0.439 e. The Kier molecular flexibility index (Phi) is 6.55. The third-order valence-corrected chi connectivity index (χ3v) is 5.11. The minimum Gasteiger partial charge on any atom is -0.439 e. The van der Waals surface area contributed by atoms with Crippen LogP contribution in [0.1, 0.15) is 5.56 Å². The van der Waals surface area contributed by atoms with Gasteiger partial charge in [0.2, 0.25) is 5.88 Å². The van der Waals surface area contributed by atoms with Crippen LogP contribution >= 0.6 is 11.6 Å². The molecular weight excluding hydrogens is 461 g/mol. The molecule has 7 nitrogen and oxygen atoms in total. The highest BCUT2D eigenvalue weighted by Gasteiger charge is 2.30. The van der Waals surface area contributed by atoms with E-state index in [2.05, 4.69) is 14.9 Å². The lowest BCUT2D eigenvalue weighted by Gasteiger charge is -2.34. The maximum atomic E-state index is 12.6. The predicted octanol–water partition coefficient (Wildman–Crippen LogP) is 5.26. The second-order valence-electron chi connectivity index (χ2n) is 7.13. The number of carbonyl (C=O) groups is 1. The number of halogens is 4. The molecule has 0 atom stereocenters. The van der Waals surface area contributed by atoms with Crippen LogP contribution in [-0.2, 0) is 6.18 Å². The molecule has 172 valence electrons. The van der Waals surface area contributed by atoms with E-state index in [0.29, 0.717) is 48.9 Å². The average molecular weight is 479 g/mol. The number of pyridine rings is 2. The molecule has 1 fully saturated rings. The molecular formula is C22H18ClF3N4O3. The fourth-order valence-corrected chi connectivity index (χ4v) is 3.26. The van der Waals surface area contributed by atoms with E-state index in [-0.39, 0.29) is 5.88 Å². The van der Waals surface area contributed by atoms with E-state index in [1.54, 1.807) is 17.2 Å². The maximum absolute atomic E-state index is 12.6. The smallest absolute Gasteiger partial charge is 0.417 e. The van der Waals surface area contributed by atoms with E-state index in [0.717, 1.165) is 18.0 Å². The van der Waals surface area contributed by atoms with Crippen molar-refractivity contribution in [2.24, 2.45) is 0 Å². The number of piperazine rings is 1. The molecule has 3 aromatic rings. The van der Waals surface area contributed by atoms with Gasteiger partial charge in [-0.2, -0.15) is 13.2 Å². The quantitative estimate of drug-likeness (QED) is 0.509. The molecule has 3 heterocycles. The van der Waals surface area contributed by atoms with Crippen molar-refractivity contribution in [3.05, 3.63) is 71.5 Å². The Morgan fingerprint density at radius 3 is 2.15 bits per heavy atom. The van der Waals surface area contributed by atoms with Gasteiger partial charge < -0.3 is 19.3 Å². The number of amides is 1. The Morgan fingerprint density at radius 2 is 1.58 bits per heavy atom. The van der Waals surface area contributed by atoms with E-state index in [4.69, 9.17) is 21.1 Å². The third kappa shape index (κ3) is 5.83. The first kappa shape index (κ1) is 22.7.